The number of rotatable bonds is 9. The molecule has 2 amide bonds. The first-order valence-corrected chi connectivity index (χ1v) is 12.3. The second-order valence-corrected chi connectivity index (χ2v) is 9.97. The number of halogens is 3. The second-order valence-electron chi connectivity index (χ2n) is 9.97. The maximum absolute atomic E-state index is 13.4. The summed E-state index contributed by atoms with van der Waals surface area (Å²) in [7, 11) is 0. The van der Waals surface area contributed by atoms with Crippen LogP contribution in [-0.4, -0.2) is 52.0 Å². The van der Waals surface area contributed by atoms with Crippen molar-refractivity contribution in [2.24, 2.45) is 0 Å². The van der Waals surface area contributed by atoms with E-state index >= 15 is 0 Å². The molecule has 3 rings (SSSR count). The smallest absolute Gasteiger partial charge is 0.416 e. The number of carbonyl (C=O) groups is 2. The fourth-order valence-corrected chi connectivity index (χ4v) is 4.29. The molecule has 1 aromatic heterocycles. The number of aryl methyl sites for hydroxylation is 2. The number of hydrogen-bond acceptors (Lipinski definition) is 4. The third kappa shape index (κ3) is 7.45. The van der Waals surface area contributed by atoms with Gasteiger partial charge in [0.05, 0.1) is 18.0 Å². The lowest BCUT2D eigenvalue weighted by atomic mass is 9.99. The van der Waals surface area contributed by atoms with E-state index in [9.17, 15) is 22.8 Å². The molecular weight excluding hydrogens is 471 g/mol. The quantitative estimate of drug-likeness (QED) is 0.404. The fourth-order valence-electron chi connectivity index (χ4n) is 4.29. The van der Waals surface area contributed by atoms with Gasteiger partial charge in [0.2, 0.25) is 0 Å². The summed E-state index contributed by atoms with van der Waals surface area (Å²) in [5, 5.41) is 0. The first kappa shape index (κ1) is 27.5. The minimum Gasteiger partial charge on any atom is -0.460 e. The van der Waals surface area contributed by atoms with Crippen LogP contribution in [-0.2, 0) is 28.5 Å². The Labute approximate surface area is 210 Å². The van der Waals surface area contributed by atoms with Gasteiger partial charge < -0.3 is 14.5 Å². The normalized spacial score (nSPS) is 15.4. The van der Waals surface area contributed by atoms with Crippen LogP contribution in [0.1, 0.15) is 69.1 Å². The lowest BCUT2D eigenvalue weighted by Crippen LogP contribution is -2.37. The zero-order chi connectivity index (χ0) is 26.5. The summed E-state index contributed by atoms with van der Waals surface area (Å²) < 4.78 is 45.5. The van der Waals surface area contributed by atoms with E-state index < -0.39 is 29.4 Å². The molecule has 0 aliphatic carbocycles. The van der Waals surface area contributed by atoms with E-state index in [2.05, 4.69) is 4.98 Å². The molecule has 1 aliphatic rings. The molecule has 0 N–H and O–H groups in total. The van der Waals surface area contributed by atoms with Crippen molar-refractivity contribution in [3.8, 4) is 0 Å². The van der Waals surface area contributed by atoms with Gasteiger partial charge in [0.25, 0.3) is 0 Å². The number of pyridine rings is 1. The van der Waals surface area contributed by atoms with Gasteiger partial charge in [-0.1, -0.05) is 25.1 Å². The SMILES string of the molecule is CCc1cccc(CCCN2CCN(C(CC(=O)OC(C)(C)C)c3cccc(C(F)(F)F)c3)C2=O)n1. The molecule has 1 atom stereocenters. The molecule has 6 nitrogen and oxygen atoms in total. The molecule has 1 unspecified atom stereocenters. The van der Waals surface area contributed by atoms with E-state index in [0.717, 1.165) is 29.9 Å². The molecule has 1 aliphatic heterocycles. The van der Waals surface area contributed by atoms with Crippen LogP contribution in [0.5, 0.6) is 0 Å². The molecule has 1 saturated heterocycles. The zero-order valence-corrected chi connectivity index (χ0v) is 21.3. The van der Waals surface area contributed by atoms with Crippen molar-refractivity contribution in [2.75, 3.05) is 19.6 Å². The van der Waals surface area contributed by atoms with Crippen LogP contribution in [0.15, 0.2) is 42.5 Å². The van der Waals surface area contributed by atoms with Gasteiger partial charge in [-0.05, 0) is 69.9 Å². The largest absolute Gasteiger partial charge is 0.460 e. The van der Waals surface area contributed by atoms with Crippen molar-refractivity contribution in [3.63, 3.8) is 0 Å². The Balaban J connectivity index is 1.74. The van der Waals surface area contributed by atoms with E-state index in [1.807, 2.05) is 25.1 Å². The van der Waals surface area contributed by atoms with Gasteiger partial charge in [0, 0.05) is 31.0 Å². The highest BCUT2D eigenvalue weighted by Gasteiger charge is 2.37. The molecule has 36 heavy (non-hydrogen) atoms. The van der Waals surface area contributed by atoms with Gasteiger partial charge in [-0.3, -0.25) is 9.78 Å². The van der Waals surface area contributed by atoms with E-state index in [1.165, 1.54) is 17.0 Å². The van der Waals surface area contributed by atoms with Gasteiger partial charge in [-0.2, -0.15) is 13.2 Å². The van der Waals surface area contributed by atoms with Crippen molar-refractivity contribution in [2.45, 2.75) is 71.2 Å². The highest BCUT2D eigenvalue weighted by atomic mass is 19.4. The van der Waals surface area contributed by atoms with Crippen molar-refractivity contribution >= 4 is 12.0 Å². The number of esters is 1. The molecule has 1 aromatic carbocycles. The first-order chi connectivity index (χ1) is 16.9. The molecule has 0 bridgehead atoms. The topological polar surface area (TPSA) is 62.7 Å². The molecule has 1 fully saturated rings. The molecule has 2 heterocycles. The number of amides is 2. The summed E-state index contributed by atoms with van der Waals surface area (Å²) in [6, 6.07) is 9.57. The molecular formula is C27H34F3N3O3. The van der Waals surface area contributed by atoms with E-state index in [1.54, 1.807) is 25.7 Å². The zero-order valence-electron chi connectivity index (χ0n) is 21.3. The number of nitrogens with zero attached hydrogens (tertiary/aromatic N) is 3. The average Bonchev–Trinajstić information content (AvgIpc) is 3.16. The van der Waals surface area contributed by atoms with Gasteiger partial charge in [-0.25, -0.2) is 4.79 Å². The molecule has 2 aromatic rings. The van der Waals surface area contributed by atoms with Crippen LogP contribution < -0.4 is 0 Å². The summed E-state index contributed by atoms with van der Waals surface area (Å²) in [4.78, 5) is 33.7. The van der Waals surface area contributed by atoms with Crippen LogP contribution >= 0.6 is 0 Å². The number of carbonyl (C=O) groups excluding carboxylic acids is 2. The maximum atomic E-state index is 13.4. The highest BCUT2D eigenvalue weighted by Crippen LogP contribution is 2.34. The standard InChI is InChI=1S/C27H34F3N3O3/c1-5-21-11-7-12-22(31-21)13-8-14-32-15-16-33(25(32)35)23(18-24(34)36-26(2,3)4)19-9-6-10-20(17-19)27(28,29)30/h6-7,9-12,17,23H,5,8,13-16,18H2,1-4H3. The van der Waals surface area contributed by atoms with Crippen molar-refractivity contribution in [1.29, 1.82) is 0 Å². The van der Waals surface area contributed by atoms with E-state index in [4.69, 9.17) is 4.74 Å². The number of hydrogen-bond donors (Lipinski definition) is 0. The lowest BCUT2D eigenvalue weighted by Gasteiger charge is -2.29. The molecule has 196 valence electrons. The third-order valence-corrected chi connectivity index (χ3v) is 5.97. The highest BCUT2D eigenvalue weighted by molar-refractivity contribution is 5.79. The summed E-state index contributed by atoms with van der Waals surface area (Å²) in [6.45, 7) is 8.45. The fraction of sp³-hybridized carbons (Fsp3) is 0.519. The number of urea groups is 1. The predicted molar refractivity (Wildman–Crippen MR) is 130 cm³/mol. The Kier molecular flexibility index (Phi) is 8.63. The Morgan fingerprint density at radius 3 is 2.44 bits per heavy atom. The van der Waals surface area contributed by atoms with E-state index in [0.29, 0.717) is 32.5 Å². The number of benzene rings is 1. The minimum absolute atomic E-state index is 0.230. The summed E-state index contributed by atoms with van der Waals surface area (Å²) >= 11 is 0. The minimum atomic E-state index is -4.53. The Bertz CT molecular complexity index is 1070. The predicted octanol–water partition coefficient (Wildman–Crippen LogP) is 5.81. The van der Waals surface area contributed by atoms with Crippen molar-refractivity contribution in [1.82, 2.24) is 14.8 Å². The molecule has 9 heteroatoms. The van der Waals surface area contributed by atoms with Crippen LogP contribution in [0.4, 0.5) is 18.0 Å². The van der Waals surface area contributed by atoms with Crippen LogP contribution in [0.25, 0.3) is 0 Å². The van der Waals surface area contributed by atoms with Crippen LogP contribution in [0.2, 0.25) is 0 Å². The monoisotopic (exact) mass is 505 g/mol. The Morgan fingerprint density at radius 2 is 1.78 bits per heavy atom. The van der Waals surface area contributed by atoms with Crippen molar-refractivity contribution < 1.29 is 27.5 Å². The second kappa shape index (κ2) is 11.3. The van der Waals surface area contributed by atoms with Crippen LogP contribution in [0, 0.1) is 0 Å². The van der Waals surface area contributed by atoms with Gasteiger partial charge in [0.15, 0.2) is 0 Å². The Morgan fingerprint density at radius 1 is 1.08 bits per heavy atom. The Hall–Kier alpha value is -3.10. The third-order valence-electron chi connectivity index (χ3n) is 5.97. The molecule has 0 spiro atoms. The maximum Gasteiger partial charge on any atom is 0.416 e. The molecule has 0 saturated carbocycles. The summed E-state index contributed by atoms with van der Waals surface area (Å²) in [6.07, 6.45) is -2.49. The first-order valence-electron chi connectivity index (χ1n) is 12.3. The van der Waals surface area contributed by atoms with Crippen LogP contribution in [0.3, 0.4) is 0 Å². The van der Waals surface area contributed by atoms with Gasteiger partial charge in [-0.15, -0.1) is 0 Å². The average molecular weight is 506 g/mol. The van der Waals surface area contributed by atoms with E-state index in [-0.39, 0.29) is 18.0 Å². The number of ether oxygens (including phenoxy) is 1. The van der Waals surface area contributed by atoms with Gasteiger partial charge >= 0.3 is 18.2 Å². The summed E-state index contributed by atoms with van der Waals surface area (Å²) in [5.74, 6) is -0.571. The number of alkyl halides is 3. The molecule has 0 radical (unpaired) electrons. The van der Waals surface area contributed by atoms with Gasteiger partial charge in [0.1, 0.15) is 5.60 Å². The lowest BCUT2D eigenvalue weighted by molar-refractivity contribution is -0.156. The van der Waals surface area contributed by atoms with Crippen molar-refractivity contribution in [3.05, 3.63) is 65.0 Å². The summed E-state index contributed by atoms with van der Waals surface area (Å²) in [5.41, 5.74) is 0.664. The number of aromatic nitrogens is 1.